The highest BCUT2D eigenvalue weighted by Gasteiger charge is 2.28. The number of hydrogen-bond acceptors (Lipinski definition) is 6. The van der Waals surface area contributed by atoms with E-state index >= 15 is 0 Å². The van der Waals surface area contributed by atoms with Crippen LogP contribution in [0.5, 0.6) is 0 Å². The summed E-state index contributed by atoms with van der Waals surface area (Å²) >= 11 is 5.99. The summed E-state index contributed by atoms with van der Waals surface area (Å²) in [5, 5.41) is 18.5. The third-order valence-electron chi connectivity index (χ3n) is 4.41. The Balaban J connectivity index is 2.00. The standard InChI is InChI=1S/C20H23ClN4O6/c1-11(2)17(24-19(27)15-7-6-13(25(29)30)9-16(15)21)20(28)23-12(3)18(26)22-10-14-5-4-8-31-14/h4-9,11-12,17H,10H2,1-3H3,(H,22,26)(H,23,28)(H,24,27). The fraction of sp³-hybridized carbons (Fsp3) is 0.350. The first-order valence-electron chi connectivity index (χ1n) is 9.45. The summed E-state index contributed by atoms with van der Waals surface area (Å²) in [6.07, 6.45) is 1.49. The van der Waals surface area contributed by atoms with E-state index in [4.69, 9.17) is 16.0 Å². The van der Waals surface area contributed by atoms with E-state index in [1.807, 2.05) is 0 Å². The van der Waals surface area contributed by atoms with Gasteiger partial charge in [0, 0.05) is 12.1 Å². The molecule has 31 heavy (non-hydrogen) atoms. The predicted octanol–water partition coefficient (Wildman–Crippen LogP) is 2.42. The van der Waals surface area contributed by atoms with Crippen molar-refractivity contribution >= 4 is 35.0 Å². The van der Waals surface area contributed by atoms with Gasteiger partial charge in [0.25, 0.3) is 11.6 Å². The molecule has 0 saturated heterocycles. The van der Waals surface area contributed by atoms with E-state index in [1.165, 1.54) is 19.3 Å². The van der Waals surface area contributed by atoms with E-state index in [0.717, 1.165) is 12.1 Å². The zero-order valence-electron chi connectivity index (χ0n) is 17.2. The van der Waals surface area contributed by atoms with Gasteiger partial charge in [-0.1, -0.05) is 25.4 Å². The molecule has 3 amide bonds. The number of non-ortho nitro benzene ring substituents is 1. The highest BCUT2D eigenvalue weighted by atomic mass is 35.5. The second-order valence-electron chi connectivity index (χ2n) is 7.14. The van der Waals surface area contributed by atoms with Crippen molar-refractivity contribution in [1.29, 1.82) is 0 Å². The first-order valence-corrected chi connectivity index (χ1v) is 9.83. The van der Waals surface area contributed by atoms with Gasteiger partial charge in [-0.15, -0.1) is 0 Å². The molecule has 11 heteroatoms. The number of amides is 3. The number of carbonyl (C=O) groups is 3. The Morgan fingerprint density at radius 3 is 2.39 bits per heavy atom. The van der Waals surface area contributed by atoms with Crippen LogP contribution in [-0.4, -0.2) is 34.7 Å². The normalized spacial score (nSPS) is 12.7. The number of nitro groups is 1. The van der Waals surface area contributed by atoms with Crippen molar-refractivity contribution in [2.24, 2.45) is 5.92 Å². The predicted molar refractivity (Wildman–Crippen MR) is 112 cm³/mol. The molecule has 10 nitrogen and oxygen atoms in total. The number of nitrogens with zero attached hydrogens (tertiary/aromatic N) is 1. The molecule has 0 saturated carbocycles. The van der Waals surface area contributed by atoms with Crippen molar-refractivity contribution in [1.82, 2.24) is 16.0 Å². The van der Waals surface area contributed by atoms with Crippen molar-refractivity contribution in [3.05, 3.63) is 63.1 Å². The van der Waals surface area contributed by atoms with E-state index in [1.54, 1.807) is 26.0 Å². The maximum absolute atomic E-state index is 12.7. The number of rotatable bonds is 9. The second kappa shape index (κ2) is 10.6. The fourth-order valence-electron chi connectivity index (χ4n) is 2.66. The molecule has 0 aliphatic rings. The van der Waals surface area contributed by atoms with Crippen LogP contribution >= 0.6 is 11.6 Å². The van der Waals surface area contributed by atoms with Crippen molar-refractivity contribution in [3.8, 4) is 0 Å². The van der Waals surface area contributed by atoms with Gasteiger partial charge in [0.1, 0.15) is 17.8 Å². The SMILES string of the molecule is CC(NC(=O)C(NC(=O)c1ccc([N+](=O)[O-])cc1Cl)C(C)C)C(=O)NCc1ccco1. The zero-order chi connectivity index (χ0) is 23.1. The molecule has 2 aromatic rings. The number of nitro benzene ring substituents is 1. The molecule has 0 fully saturated rings. The summed E-state index contributed by atoms with van der Waals surface area (Å²) in [6, 6.07) is 5.01. The van der Waals surface area contributed by atoms with E-state index < -0.39 is 34.7 Å². The van der Waals surface area contributed by atoms with E-state index in [0.29, 0.717) is 5.76 Å². The summed E-state index contributed by atoms with van der Waals surface area (Å²) < 4.78 is 5.13. The summed E-state index contributed by atoms with van der Waals surface area (Å²) in [7, 11) is 0. The lowest BCUT2D eigenvalue weighted by Crippen LogP contribution is -2.54. The van der Waals surface area contributed by atoms with Crippen molar-refractivity contribution in [3.63, 3.8) is 0 Å². The average molecular weight is 451 g/mol. The van der Waals surface area contributed by atoms with Crippen LogP contribution in [0.25, 0.3) is 0 Å². The van der Waals surface area contributed by atoms with Crippen LogP contribution in [0, 0.1) is 16.0 Å². The van der Waals surface area contributed by atoms with Gasteiger partial charge in [-0.05, 0) is 31.0 Å². The van der Waals surface area contributed by atoms with Crippen LogP contribution in [0.4, 0.5) is 5.69 Å². The molecule has 1 heterocycles. The zero-order valence-corrected chi connectivity index (χ0v) is 17.9. The minimum Gasteiger partial charge on any atom is -0.467 e. The lowest BCUT2D eigenvalue weighted by atomic mass is 10.0. The molecule has 0 spiro atoms. The molecular weight excluding hydrogens is 428 g/mol. The van der Waals surface area contributed by atoms with Crippen LogP contribution in [0.3, 0.4) is 0 Å². The van der Waals surface area contributed by atoms with Crippen LogP contribution < -0.4 is 16.0 Å². The fourth-order valence-corrected chi connectivity index (χ4v) is 2.93. The van der Waals surface area contributed by atoms with Gasteiger partial charge in [-0.25, -0.2) is 0 Å². The monoisotopic (exact) mass is 450 g/mol. The Bertz CT molecular complexity index is 961. The Kier molecular flexibility index (Phi) is 8.14. The number of furan rings is 1. The quantitative estimate of drug-likeness (QED) is 0.395. The highest BCUT2D eigenvalue weighted by Crippen LogP contribution is 2.22. The topological polar surface area (TPSA) is 144 Å². The summed E-state index contributed by atoms with van der Waals surface area (Å²) in [6.45, 7) is 5.14. The Morgan fingerprint density at radius 1 is 1.13 bits per heavy atom. The van der Waals surface area contributed by atoms with Crippen LogP contribution in [0.2, 0.25) is 5.02 Å². The molecule has 0 radical (unpaired) electrons. The number of nitrogens with one attached hydrogen (secondary N) is 3. The molecule has 0 aliphatic heterocycles. The number of carbonyl (C=O) groups excluding carboxylic acids is 3. The Morgan fingerprint density at radius 2 is 1.84 bits per heavy atom. The summed E-state index contributed by atoms with van der Waals surface area (Å²) in [5.74, 6) is -1.37. The first kappa shape index (κ1) is 23.9. The molecule has 0 aliphatic carbocycles. The second-order valence-corrected chi connectivity index (χ2v) is 7.55. The smallest absolute Gasteiger partial charge is 0.270 e. The molecule has 3 N–H and O–H groups in total. The average Bonchev–Trinajstić information content (AvgIpc) is 3.22. The maximum Gasteiger partial charge on any atom is 0.270 e. The molecule has 1 aromatic heterocycles. The number of benzene rings is 1. The van der Waals surface area contributed by atoms with Crippen molar-refractivity contribution in [2.75, 3.05) is 0 Å². The highest BCUT2D eigenvalue weighted by molar-refractivity contribution is 6.34. The molecule has 2 rings (SSSR count). The van der Waals surface area contributed by atoms with Crippen LogP contribution in [0.1, 0.15) is 36.9 Å². The maximum atomic E-state index is 12.7. The van der Waals surface area contributed by atoms with Gasteiger partial charge in [0.05, 0.1) is 28.3 Å². The molecule has 2 atom stereocenters. The molecule has 1 aromatic carbocycles. The van der Waals surface area contributed by atoms with E-state index in [2.05, 4.69) is 16.0 Å². The van der Waals surface area contributed by atoms with Gasteiger partial charge in [-0.2, -0.15) is 0 Å². The van der Waals surface area contributed by atoms with Crippen LogP contribution in [0.15, 0.2) is 41.0 Å². The largest absolute Gasteiger partial charge is 0.467 e. The molecule has 2 unspecified atom stereocenters. The minimum atomic E-state index is -0.959. The third kappa shape index (κ3) is 6.54. The summed E-state index contributed by atoms with van der Waals surface area (Å²) in [5.41, 5.74) is -0.260. The van der Waals surface area contributed by atoms with Crippen molar-refractivity contribution < 1.29 is 23.7 Å². The third-order valence-corrected chi connectivity index (χ3v) is 4.73. The molecular formula is C20H23ClN4O6. The first-order chi connectivity index (χ1) is 14.6. The lowest BCUT2D eigenvalue weighted by Gasteiger charge is -2.24. The van der Waals surface area contributed by atoms with Gasteiger partial charge in [0.15, 0.2) is 0 Å². The Labute approximate surface area is 183 Å². The molecule has 166 valence electrons. The van der Waals surface area contributed by atoms with Gasteiger partial charge >= 0.3 is 0 Å². The van der Waals surface area contributed by atoms with Gasteiger partial charge in [-0.3, -0.25) is 24.5 Å². The Hall–Kier alpha value is -3.40. The lowest BCUT2D eigenvalue weighted by molar-refractivity contribution is -0.384. The molecule has 0 bridgehead atoms. The summed E-state index contributed by atoms with van der Waals surface area (Å²) in [4.78, 5) is 47.7. The van der Waals surface area contributed by atoms with E-state index in [9.17, 15) is 24.5 Å². The van der Waals surface area contributed by atoms with E-state index in [-0.39, 0.29) is 28.7 Å². The number of halogens is 1. The van der Waals surface area contributed by atoms with Gasteiger partial charge < -0.3 is 20.4 Å². The minimum absolute atomic E-state index is 0.00467. The van der Waals surface area contributed by atoms with Crippen molar-refractivity contribution in [2.45, 2.75) is 39.4 Å². The van der Waals surface area contributed by atoms with Crippen LogP contribution in [-0.2, 0) is 16.1 Å². The van der Waals surface area contributed by atoms with Gasteiger partial charge in [0.2, 0.25) is 11.8 Å². The number of hydrogen-bond donors (Lipinski definition) is 3.